The van der Waals surface area contributed by atoms with E-state index in [1.54, 1.807) is 0 Å². The molecule has 0 aromatic heterocycles. The van der Waals surface area contributed by atoms with Crippen molar-refractivity contribution in [3.63, 3.8) is 0 Å². The highest BCUT2D eigenvalue weighted by Gasteiger charge is 2.08. The van der Waals surface area contributed by atoms with Gasteiger partial charge in [-0.15, -0.1) is 0 Å². The van der Waals surface area contributed by atoms with E-state index < -0.39 is 23.5 Å². The third-order valence-electron chi connectivity index (χ3n) is 1.99. The summed E-state index contributed by atoms with van der Waals surface area (Å²) < 4.78 is 29.7. The predicted molar refractivity (Wildman–Crippen MR) is 56.2 cm³/mol. The molecule has 1 rings (SSSR count). The highest BCUT2D eigenvalue weighted by Crippen LogP contribution is 2.13. The summed E-state index contributed by atoms with van der Waals surface area (Å²) in [5.41, 5.74) is 0.138. The van der Waals surface area contributed by atoms with Crippen LogP contribution in [0.1, 0.15) is 12.8 Å². The van der Waals surface area contributed by atoms with E-state index in [-0.39, 0.29) is 18.5 Å². The Morgan fingerprint density at radius 2 is 1.94 bits per heavy atom. The number of esters is 1. The minimum atomic E-state index is -1.05. The van der Waals surface area contributed by atoms with Crippen LogP contribution in [-0.4, -0.2) is 19.0 Å². The van der Waals surface area contributed by atoms with Gasteiger partial charge in [0, 0.05) is 18.2 Å². The topological polar surface area (TPSA) is 55.4 Å². The largest absolute Gasteiger partial charge is 0.469 e. The molecule has 1 N–H and O–H groups in total. The fourth-order valence-corrected chi connectivity index (χ4v) is 1.12. The molecule has 0 radical (unpaired) electrons. The van der Waals surface area contributed by atoms with E-state index in [4.69, 9.17) is 0 Å². The van der Waals surface area contributed by atoms with Crippen molar-refractivity contribution in [3.05, 3.63) is 29.8 Å². The molecule has 0 aliphatic heterocycles. The third kappa shape index (κ3) is 4.18. The molecule has 0 heterocycles. The number of halogens is 2. The molecule has 0 saturated heterocycles. The van der Waals surface area contributed by atoms with E-state index in [2.05, 4.69) is 10.1 Å². The molecule has 0 fully saturated rings. The first-order chi connectivity index (χ1) is 8.02. The Labute approximate surface area is 96.6 Å². The van der Waals surface area contributed by atoms with Crippen molar-refractivity contribution >= 4 is 17.6 Å². The van der Waals surface area contributed by atoms with Crippen LogP contribution in [-0.2, 0) is 14.3 Å². The molecule has 0 spiro atoms. The maximum absolute atomic E-state index is 12.8. The molecule has 0 aliphatic carbocycles. The Hall–Kier alpha value is -1.98. The van der Waals surface area contributed by atoms with Crippen LogP contribution in [0.2, 0.25) is 0 Å². The van der Waals surface area contributed by atoms with Gasteiger partial charge < -0.3 is 10.1 Å². The number of methoxy groups -OCH3 is 1. The second kappa shape index (κ2) is 5.93. The number of nitrogens with one attached hydrogen (secondary N) is 1. The minimum absolute atomic E-state index is 0.0635. The molecule has 0 saturated carbocycles. The van der Waals surface area contributed by atoms with Crippen molar-refractivity contribution < 1.29 is 23.1 Å². The zero-order chi connectivity index (χ0) is 12.8. The zero-order valence-corrected chi connectivity index (χ0v) is 9.13. The standard InChI is InChI=1S/C11H11F2NO3/c1-17-11(16)5-4-10(15)14-7-2-3-8(12)9(13)6-7/h2-3,6H,4-5H2,1H3,(H,14,15). The third-order valence-corrected chi connectivity index (χ3v) is 1.99. The Morgan fingerprint density at radius 3 is 2.53 bits per heavy atom. The van der Waals surface area contributed by atoms with Gasteiger partial charge in [-0.2, -0.15) is 0 Å². The number of hydrogen-bond acceptors (Lipinski definition) is 3. The SMILES string of the molecule is COC(=O)CCC(=O)Nc1ccc(F)c(F)c1. The maximum atomic E-state index is 12.8. The smallest absolute Gasteiger partial charge is 0.306 e. The highest BCUT2D eigenvalue weighted by atomic mass is 19.2. The molecule has 6 heteroatoms. The van der Waals surface area contributed by atoms with Crippen LogP contribution in [0.3, 0.4) is 0 Å². The highest BCUT2D eigenvalue weighted by molar-refractivity contribution is 5.92. The zero-order valence-electron chi connectivity index (χ0n) is 9.13. The first kappa shape index (κ1) is 13.1. The molecule has 0 bridgehead atoms. The van der Waals surface area contributed by atoms with Crippen molar-refractivity contribution in [1.82, 2.24) is 0 Å². The van der Waals surface area contributed by atoms with Gasteiger partial charge in [-0.05, 0) is 12.1 Å². The van der Waals surface area contributed by atoms with E-state index in [0.717, 1.165) is 12.1 Å². The summed E-state index contributed by atoms with van der Waals surface area (Å²) in [5.74, 6) is -3.01. The Kier molecular flexibility index (Phi) is 4.56. The van der Waals surface area contributed by atoms with Gasteiger partial charge in [0.1, 0.15) is 0 Å². The number of hydrogen-bond donors (Lipinski definition) is 1. The van der Waals surface area contributed by atoms with E-state index in [1.165, 1.54) is 13.2 Å². The number of amides is 1. The minimum Gasteiger partial charge on any atom is -0.469 e. The second-order valence-electron chi connectivity index (χ2n) is 3.25. The molecule has 0 aliphatic rings. The molecular weight excluding hydrogens is 232 g/mol. The lowest BCUT2D eigenvalue weighted by atomic mass is 10.2. The number of anilines is 1. The second-order valence-corrected chi connectivity index (χ2v) is 3.25. The van der Waals surface area contributed by atoms with Crippen LogP contribution in [0, 0.1) is 11.6 Å². The van der Waals surface area contributed by atoms with Crippen LogP contribution in [0.4, 0.5) is 14.5 Å². The van der Waals surface area contributed by atoms with Gasteiger partial charge in [-0.25, -0.2) is 8.78 Å². The number of rotatable bonds is 4. The van der Waals surface area contributed by atoms with Crippen LogP contribution in [0.25, 0.3) is 0 Å². The Bertz CT molecular complexity index is 435. The summed E-state index contributed by atoms with van der Waals surface area (Å²) in [6.45, 7) is 0. The quantitative estimate of drug-likeness (QED) is 0.821. The molecule has 1 aromatic carbocycles. The molecule has 1 amide bonds. The number of ether oxygens (including phenoxy) is 1. The molecule has 1 aromatic rings. The molecule has 0 unspecified atom stereocenters. The number of benzene rings is 1. The van der Waals surface area contributed by atoms with Gasteiger partial charge in [0.15, 0.2) is 11.6 Å². The molecule has 4 nitrogen and oxygen atoms in total. The van der Waals surface area contributed by atoms with Crippen LogP contribution in [0.15, 0.2) is 18.2 Å². The van der Waals surface area contributed by atoms with Crippen molar-refractivity contribution in [2.75, 3.05) is 12.4 Å². The first-order valence-electron chi connectivity index (χ1n) is 4.84. The molecule has 0 atom stereocenters. The van der Waals surface area contributed by atoms with E-state index in [1.807, 2.05) is 0 Å². The van der Waals surface area contributed by atoms with Crippen LogP contribution in [0.5, 0.6) is 0 Å². The normalized spacial score (nSPS) is 9.82. The average Bonchev–Trinajstić information content (AvgIpc) is 2.31. The monoisotopic (exact) mass is 243 g/mol. The summed E-state index contributed by atoms with van der Waals surface area (Å²) in [6.07, 6.45) is -0.141. The van der Waals surface area contributed by atoms with Crippen molar-refractivity contribution in [1.29, 1.82) is 0 Å². The summed E-state index contributed by atoms with van der Waals surface area (Å²) in [7, 11) is 1.22. The lowest BCUT2D eigenvalue weighted by Crippen LogP contribution is -2.14. The van der Waals surface area contributed by atoms with Crippen LogP contribution < -0.4 is 5.32 Å². The molecule has 92 valence electrons. The Balaban J connectivity index is 2.50. The summed E-state index contributed by atoms with van der Waals surface area (Å²) in [4.78, 5) is 22.0. The summed E-state index contributed by atoms with van der Waals surface area (Å²) in [6, 6.07) is 3.01. The van der Waals surface area contributed by atoms with E-state index in [9.17, 15) is 18.4 Å². The van der Waals surface area contributed by atoms with Crippen molar-refractivity contribution in [2.24, 2.45) is 0 Å². The van der Waals surface area contributed by atoms with Crippen molar-refractivity contribution in [2.45, 2.75) is 12.8 Å². The van der Waals surface area contributed by atoms with Gasteiger partial charge >= 0.3 is 5.97 Å². The average molecular weight is 243 g/mol. The van der Waals surface area contributed by atoms with Gasteiger partial charge in [-0.3, -0.25) is 9.59 Å². The number of carbonyl (C=O) groups is 2. The van der Waals surface area contributed by atoms with Gasteiger partial charge in [0.05, 0.1) is 13.5 Å². The lowest BCUT2D eigenvalue weighted by Gasteiger charge is -2.04. The summed E-state index contributed by atoms with van der Waals surface area (Å²) >= 11 is 0. The summed E-state index contributed by atoms with van der Waals surface area (Å²) in [5, 5.41) is 2.34. The fraction of sp³-hybridized carbons (Fsp3) is 0.273. The van der Waals surface area contributed by atoms with Crippen LogP contribution >= 0.6 is 0 Å². The Morgan fingerprint density at radius 1 is 1.24 bits per heavy atom. The van der Waals surface area contributed by atoms with Gasteiger partial charge in [0.2, 0.25) is 5.91 Å². The van der Waals surface area contributed by atoms with Gasteiger partial charge in [-0.1, -0.05) is 0 Å². The molecule has 17 heavy (non-hydrogen) atoms. The molecular formula is C11H11F2NO3. The predicted octanol–water partition coefficient (Wildman–Crippen LogP) is 1.86. The van der Waals surface area contributed by atoms with Crippen molar-refractivity contribution in [3.8, 4) is 0 Å². The first-order valence-corrected chi connectivity index (χ1v) is 4.84. The lowest BCUT2D eigenvalue weighted by molar-refractivity contribution is -0.141. The fourth-order valence-electron chi connectivity index (χ4n) is 1.12. The maximum Gasteiger partial charge on any atom is 0.306 e. The van der Waals surface area contributed by atoms with E-state index in [0.29, 0.717) is 0 Å². The van der Waals surface area contributed by atoms with E-state index >= 15 is 0 Å². The van der Waals surface area contributed by atoms with Gasteiger partial charge in [0.25, 0.3) is 0 Å². The number of carbonyl (C=O) groups excluding carboxylic acids is 2.